The summed E-state index contributed by atoms with van der Waals surface area (Å²) in [5, 5.41) is 2.98. The zero-order valence-corrected chi connectivity index (χ0v) is 12.1. The Balaban J connectivity index is 1.97. The highest BCUT2D eigenvalue weighted by molar-refractivity contribution is 9.10. The number of carbonyl (C=O) groups is 1. The van der Waals surface area contributed by atoms with Crippen LogP contribution in [0.1, 0.15) is 31.7 Å². The summed E-state index contributed by atoms with van der Waals surface area (Å²) in [4.78, 5) is 11.9. The molecule has 1 fully saturated rings. The van der Waals surface area contributed by atoms with Crippen LogP contribution in [0.5, 0.6) is 0 Å². The van der Waals surface area contributed by atoms with Crippen LogP contribution in [0.15, 0.2) is 22.7 Å². The molecule has 3 nitrogen and oxygen atoms in total. The molecule has 0 radical (unpaired) electrons. The standard InChI is InChI=1S/C14H18BrNO2/c1-2-10-8-11(15)5-6-13(10)16-14(17)9-12-4-3-7-18-12/h5-6,8,12H,2-4,7,9H2,1H3,(H,16,17). The SMILES string of the molecule is CCc1cc(Br)ccc1NC(=O)CC1CCCO1. The smallest absolute Gasteiger partial charge is 0.226 e. The minimum atomic E-state index is 0.0407. The van der Waals surface area contributed by atoms with Gasteiger partial charge in [-0.1, -0.05) is 22.9 Å². The van der Waals surface area contributed by atoms with Crippen LogP contribution < -0.4 is 5.32 Å². The zero-order chi connectivity index (χ0) is 13.0. The van der Waals surface area contributed by atoms with E-state index in [9.17, 15) is 4.79 Å². The second-order valence-electron chi connectivity index (χ2n) is 4.54. The molecule has 1 heterocycles. The number of nitrogens with one attached hydrogen (secondary N) is 1. The number of rotatable bonds is 4. The second-order valence-corrected chi connectivity index (χ2v) is 5.46. The zero-order valence-electron chi connectivity index (χ0n) is 10.5. The summed E-state index contributed by atoms with van der Waals surface area (Å²) < 4.78 is 6.51. The third kappa shape index (κ3) is 3.56. The van der Waals surface area contributed by atoms with Crippen molar-refractivity contribution in [1.82, 2.24) is 0 Å². The van der Waals surface area contributed by atoms with Gasteiger partial charge in [0.2, 0.25) is 5.91 Å². The van der Waals surface area contributed by atoms with E-state index >= 15 is 0 Å². The minimum Gasteiger partial charge on any atom is -0.378 e. The third-order valence-electron chi connectivity index (χ3n) is 3.16. The van der Waals surface area contributed by atoms with E-state index in [1.807, 2.05) is 18.2 Å². The normalized spacial score (nSPS) is 18.9. The Bertz CT molecular complexity index is 428. The maximum atomic E-state index is 11.9. The molecule has 0 saturated carbocycles. The molecule has 1 amide bonds. The van der Waals surface area contributed by atoms with Gasteiger partial charge in [0.15, 0.2) is 0 Å². The maximum absolute atomic E-state index is 11.9. The van der Waals surface area contributed by atoms with Crippen LogP contribution in [0, 0.1) is 0 Å². The van der Waals surface area contributed by atoms with Crippen LogP contribution in [-0.2, 0) is 16.0 Å². The number of ether oxygens (including phenoxy) is 1. The molecule has 1 N–H and O–H groups in total. The summed E-state index contributed by atoms with van der Waals surface area (Å²) in [5.41, 5.74) is 2.05. The second kappa shape index (κ2) is 6.34. The van der Waals surface area contributed by atoms with Crippen molar-refractivity contribution in [3.05, 3.63) is 28.2 Å². The molecule has 1 aromatic rings. The fourth-order valence-corrected chi connectivity index (χ4v) is 2.60. The average Bonchev–Trinajstić information content (AvgIpc) is 2.84. The van der Waals surface area contributed by atoms with E-state index in [1.54, 1.807) is 0 Å². The van der Waals surface area contributed by atoms with Crippen molar-refractivity contribution in [2.24, 2.45) is 0 Å². The number of aryl methyl sites for hydroxylation is 1. The Morgan fingerprint density at radius 1 is 1.56 bits per heavy atom. The van der Waals surface area contributed by atoms with Crippen molar-refractivity contribution in [2.45, 2.75) is 38.7 Å². The van der Waals surface area contributed by atoms with E-state index in [0.29, 0.717) is 6.42 Å². The lowest BCUT2D eigenvalue weighted by molar-refractivity contribution is -0.118. The van der Waals surface area contributed by atoms with E-state index in [1.165, 1.54) is 0 Å². The Morgan fingerprint density at radius 2 is 2.39 bits per heavy atom. The van der Waals surface area contributed by atoms with Crippen molar-refractivity contribution >= 4 is 27.5 Å². The van der Waals surface area contributed by atoms with Crippen LogP contribution in [0.4, 0.5) is 5.69 Å². The van der Waals surface area contributed by atoms with Gasteiger partial charge in [-0.3, -0.25) is 4.79 Å². The molecule has 18 heavy (non-hydrogen) atoms. The molecule has 0 aromatic heterocycles. The number of benzene rings is 1. The van der Waals surface area contributed by atoms with E-state index in [2.05, 4.69) is 28.2 Å². The van der Waals surface area contributed by atoms with Crippen molar-refractivity contribution in [1.29, 1.82) is 0 Å². The lowest BCUT2D eigenvalue weighted by Crippen LogP contribution is -2.19. The predicted molar refractivity (Wildman–Crippen MR) is 75.7 cm³/mol. The molecule has 1 aliphatic rings. The molecule has 1 saturated heterocycles. The van der Waals surface area contributed by atoms with Gasteiger partial charge in [-0.05, 0) is 43.0 Å². The van der Waals surface area contributed by atoms with E-state index in [0.717, 1.165) is 41.6 Å². The molecule has 1 unspecified atom stereocenters. The van der Waals surface area contributed by atoms with Crippen molar-refractivity contribution < 1.29 is 9.53 Å². The first kappa shape index (κ1) is 13.6. The third-order valence-corrected chi connectivity index (χ3v) is 3.65. The highest BCUT2D eigenvalue weighted by Gasteiger charge is 2.19. The summed E-state index contributed by atoms with van der Waals surface area (Å²) in [5.74, 6) is 0.0407. The lowest BCUT2D eigenvalue weighted by Gasteiger charge is -2.12. The molecular weight excluding hydrogens is 294 g/mol. The van der Waals surface area contributed by atoms with Gasteiger partial charge >= 0.3 is 0 Å². The van der Waals surface area contributed by atoms with Gasteiger partial charge in [-0.25, -0.2) is 0 Å². The summed E-state index contributed by atoms with van der Waals surface area (Å²) in [7, 11) is 0. The number of amides is 1. The number of hydrogen-bond donors (Lipinski definition) is 1. The number of halogens is 1. The number of anilines is 1. The van der Waals surface area contributed by atoms with Crippen LogP contribution in [-0.4, -0.2) is 18.6 Å². The minimum absolute atomic E-state index is 0.0407. The molecule has 2 rings (SSSR count). The molecule has 1 atom stereocenters. The van der Waals surface area contributed by atoms with Gasteiger partial charge in [0.1, 0.15) is 0 Å². The van der Waals surface area contributed by atoms with Gasteiger partial charge < -0.3 is 10.1 Å². The van der Waals surface area contributed by atoms with Gasteiger partial charge in [-0.2, -0.15) is 0 Å². The van der Waals surface area contributed by atoms with E-state index < -0.39 is 0 Å². The molecular formula is C14H18BrNO2. The summed E-state index contributed by atoms with van der Waals surface area (Å²) in [6, 6.07) is 5.93. The Morgan fingerprint density at radius 3 is 3.06 bits per heavy atom. The van der Waals surface area contributed by atoms with Gasteiger partial charge in [0.05, 0.1) is 12.5 Å². The van der Waals surface area contributed by atoms with E-state index in [-0.39, 0.29) is 12.0 Å². The molecule has 0 spiro atoms. The lowest BCUT2D eigenvalue weighted by atomic mass is 10.1. The molecule has 1 aliphatic heterocycles. The first-order valence-corrected chi connectivity index (χ1v) is 7.18. The Hall–Kier alpha value is -0.870. The predicted octanol–water partition coefficient (Wildman–Crippen LogP) is 3.52. The van der Waals surface area contributed by atoms with Gasteiger partial charge in [-0.15, -0.1) is 0 Å². The molecule has 0 aliphatic carbocycles. The molecule has 1 aromatic carbocycles. The molecule has 98 valence electrons. The highest BCUT2D eigenvalue weighted by atomic mass is 79.9. The fourth-order valence-electron chi connectivity index (χ4n) is 2.19. The largest absolute Gasteiger partial charge is 0.378 e. The summed E-state index contributed by atoms with van der Waals surface area (Å²) >= 11 is 3.44. The fraction of sp³-hybridized carbons (Fsp3) is 0.500. The van der Waals surface area contributed by atoms with Gasteiger partial charge in [0, 0.05) is 16.8 Å². The molecule has 0 bridgehead atoms. The van der Waals surface area contributed by atoms with Crippen molar-refractivity contribution in [2.75, 3.05) is 11.9 Å². The average molecular weight is 312 g/mol. The Labute approximate surface area is 116 Å². The van der Waals surface area contributed by atoms with Crippen LogP contribution >= 0.6 is 15.9 Å². The van der Waals surface area contributed by atoms with Crippen LogP contribution in [0.25, 0.3) is 0 Å². The van der Waals surface area contributed by atoms with Crippen molar-refractivity contribution in [3.8, 4) is 0 Å². The monoisotopic (exact) mass is 311 g/mol. The van der Waals surface area contributed by atoms with Gasteiger partial charge in [0.25, 0.3) is 0 Å². The summed E-state index contributed by atoms with van der Waals surface area (Å²) in [6.45, 7) is 2.87. The first-order valence-electron chi connectivity index (χ1n) is 6.39. The number of hydrogen-bond acceptors (Lipinski definition) is 2. The van der Waals surface area contributed by atoms with Crippen LogP contribution in [0.3, 0.4) is 0 Å². The maximum Gasteiger partial charge on any atom is 0.226 e. The quantitative estimate of drug-likeness (QED) is 0.924. The van der Waals surface area contributed by atoms with E-state index in [4.69, 9.17) is 4.74 Å². The molecule has 4 heteroatoms. The summed E-state index contributed by atoms with van der Waals surface area (Å²) in [6.07, 6.45) is 3.52. The topological polar surface area (TPSA) is 38.3 Å². The number of carbonyl (C=O) groups excluding carboxylic acids is 1. The van der Waals surface area contributed by atoms with Crippen LogP contribution in [0.2, 0.25) is 0 Å². The van der Waals surface area contributed by atoms with Crippen molar-refractivity contribution in [3.63, 3.8) is 0 Å². The highest BCUT2D eigenvalue weighted by Crippen LogP contribution is 2.22. The Kier molecular flexibility index (Phi) is 4.78. The first-order chi connectivity index (χ1) is 8.69.